The third-order valence-electron chi connectivity index (χ3n) is 3.72. The number of thiophene rings is 1. The van der Waals surface area contributed by atoms with Crippen molar-refractivity contribution in [1.82, 2.24) is 0 Å². The van der Waals surface area contributed by atoms with E-state index in [1.54, 1.807) is 11.3 Å². The molecular formula is C15H16O2S. The molecule has 1 saturated heterocycles. The average Bonchev–Trinajstić information content (AvgIpc) is 2.98. The lowest BCUT2D eigenvalue weighted by Crippen LogP contribution is -2.35. The summed E-state index contributed by atoms with van der Waals surface area (Å²) in [5.74, 6) is 0.212. The maximum atomic E-state index is 12.4. The van der Waals surface area contributed by atoms with E-state index in [4.69, 9.17) is 4.74 Å². The molecule has 1 aromatic heterocycles. The fraction of sp³-hybridized carbons (Fsp3) is 0.400. The molecule has 0 radical (unpaired) electrons. The van der Waals surface area contributed by atoms with E-state index in [2.05, 4.69) is 17.5 Å². The van der Waals surface area contributed by atoms with E-state index in [1.807, 2.05) is 19.1 Å². The van der Waals surface area contributed by atoms with Gasteiger partial charge in [0.1, 0.15) is 5.60 Å². The Morgan fingerprint density at radius 2 is 2.28 bits per heavy atom. The second-order valence-corrected chi connectivity index (χ2v) is 5.95. The lowest BCUT2D eigenvalue weighted by atomic mass is 9.92. The molecule has 0 N–H and O–H groups in total. The lowest BCUT2D eigenvalue weighted by Gasteiger charge is -2.21. The zero-order valence-electron chi connectivity index (χ0n) is 10.4. The van der Waals surface area contributed by atoms with Gasteiger partial charge in [-0.15, -0.1) is 11.3 Å². The van der Waals surface area contributed by atoms with Gasteiger partial charge in [-0.25, -0.2) is 0 Å². The Morgan fingerprint density at radius 1 is 1.44 bits per heavy atom. The second kappa shape index (κ2) is 4.48. The molecule has 1 fully saturated rings. The number of hydrogen-bond donors (Lipinski definition) is 0. The van der Waals surface area contributed by atoms with Gasteiger partial charge in [0.05, 0.1) is 0 Å². The highest BCUT2D eigenvalue weighted by Gasteiger charge is 2.37. The van der Waals surface area contributed by atoms with Crippen LogP contribution in [-0.4, -0.2) is 18.0 Å². The van der Waals surface area contributed by atoms with E-state index in [0.717, 1.165) is 18.4 Å². The Balaban J connectivity index is 1.86. The summed E-state index contributed by atoms with van der Waals surface area (Å²) in [6.45, 7) is 2.64. The number of fused-ring (bicyclic) bond motifs is 1. The van der Waals surface area contributed by atoms with Gasteiger partial charge in [0.2, 0.25) is 0 Å². The molecule has 2 aromatic rings. The van der Waals surface area contributed by atoms with Crippen LogP contribution in [0.3, 0.4) is 0 Å². The molecule has 0 bridgehead atoms. The Labute approximate surface area is 111 Å². The maximum absolute atomic E-state index is 12.4. The number of rotatable bonds is 3. The molecule has 3 rings (SSSR count). The number of ketones is 1. The summed E-state index contributed by atoms with van der Waals surface area (Å²) in [4.78, 5) is 12.4. The van der Waals surface area contributed by atoms with Crippen molar-refractivity contribution in [1.29, 1.82) is 0 Å². The van der Waals surface area contributed by atoms with Crippen LogP contribution in [-0.2, 0) is 16.0 Å². The summed E-state index contributed by atoms with van der Waals surface area (Å²) in [5.41, 5.74) is 0.584. The van der Waals surface area contributed by atoms with Crippen LogP contribution >= 0.6 is 11.3 Å². The number of benzene rings is 1. The molecule has 0 aliphatic carbocycles. The van der Waals surface area contributed by atoms with Crippen molar-refractivity contribution < 1.29 is 9.53 Å². The Bertz CT molecular complexity index is 579. The van der Waals surface area contributed by atoms with Gasteiger partial charge in [0, 0.05) is 17.7 Å². The van der Waals surface area contributed by atoms with Crippen molar-refractivity contribution >= 4 is 27.2 Å². The number of carbonyl (C=O) groups is 1. The third-order valence-corrected chi connectivity index (χ3v) is 4.73. The van der Waals surface area contributed by atoms with Crippen LogP contribution in [0.15, 0.2) is 29.6 Å². The van der Waals surface area contributed by atoms with Gasteiger partial charge in [0.25, 0.3) is 0 Å². The van der Waals surface area contributed by atoms with Crippen LogP contribution in [0.5, 0.6) is 0 Å². The largest absolute Gasteiger partial charge is 0.367 e. The predicted molar refractivity (Wildman–Crippen MR) is 74.1 cm³/mol. The highest BCUT2D eigenvalue weighted by molar-refractivity contribution is 7.17. The van der Waals surface area contributed by atoms with Crippen molar-refractivity contribution in [3.8, 4) is 0 Å². The standard InChI is InChI=1S/C15H16O2S/c1-15(7-4-8-17-15)14(16)9-11-10-18-13-6-3-2-5-12(11)13/h2-3,5-6,10H,4,7-9H2,1H3. The molecule has 1 atom stereocenters. The van der Waals surface area contributed by atoms with E-state index in [-0.39, 0.29) is 5.78 Å². The molecular weight excluding hydrogens is 244 g/mol. The average molecular weight is 260 g/mol. The van der Waals surface area contributed by atoms with E-state index in [9.17, 15) is 4.79 Å². The molecule has 2 heterocycles. The van der Waals surface area contributed by atoms with Crippen LogP contribution in [0.25, 0.3) is 10.1 Å². The number of carbonyl (C=O) groups excluding carboxylic acids is 1. The Morgan fingerprint density at radius 3 is 3.06 bits per heavy atom. The normalized spacial score (nSPS) is 23.6. The zero-order valence-corrected chi connectivity index (χ0v) is 11.3. The van der Waals surface area contributed by atoms with Gasteiger partial charge in [-0.2, -0.15) is 0 Å². The monoisotopic (exact) mass is 260 g/mol. The number of hydrogen-bond acceptors (Lipinski definition) is 3. The summed E-state index contributed by atoms with van der Waals surface area (Å²) < 4.78 is 6.86. The molecule has 3 heteroatoms. The topological polar surface area (TPSA) is 26.3 Å². The van der Waals surface area contributed by atoms with Gasteiger partial charge in [-0.1, -0.05) is 18.2 Å². The molecule has 1 unspecified atom stereocenters. The maximum Gasteiger partial charge on any atom is 0.168 e. The van der Waals surface area contributed by atoms with Crippen LogP contribution in [0.1, 0.15) is 25.3 Å². The number of ether oxygens (including phenoxy) is 1. The summed E-state index contributed by atoms with van der Waals surface area (Å²) in [5, 5.41) is 3.30. The minimum atomic E-state index is -0.553. The highest BCUT2D eigenvalue weighted by atomic mass is 32.1. The van der Waals surface area contributed by atoms with Crippen LogP contribution in [0, 0.1) is 0 Å². The van der Waals surface area contributed by atoms with E-state index >= 15 is 0 Å². The summed E-state index contributed by atoms with van der Waals surface area (Å²) in [7, 11) is 0. The first-order chi connectivity index (χ1) is 8.69. The first-order valence-electron chi connectivity index (χ1n) is 6.31. The summed E-state index contributed by atoms with van der Waals surface area (Å²) in [6.07, 6.45) is 2.33. The second-order valence-electron chi connectivity index (χ2n) is 5.04. The van der Waals surface area contributed by atoms with Gasteiger partial charge in [0.15, 0.2) is 5.78 Å². The van der Waals surface area contributed by atoms with Gasteiger partial charge < -0.3 is 4.74 Å². The Kier molecular flexibility index (Phi) is 2.96. The van der Waals surface area contributed by atoms with E-state index < -0.39 is 5.60 Å². The van der Waals surface area contributed by atoms with Crippen molar-refractivity contribution in [3.05, 3.63) is 35.2 Å². The van der Waals surface area contributed by atoms with Crippen molar-refractivity contribution in [3.63, 3.8) is 0 Å². The molecule has 0 amide bonds. The third kappa shape index (κ3) is 1.98. The molecule has 1 aliphatic heterocycles. The highest BCUT2D eigenvalue weighted by Crippen LogP contribution is 2.31. The van der Waals surface area contributed by atoms with Gasteiger partial charge >= 0.3 is 0 Å². The predicted octanol–water partition coefficient (Wildman–Crippen LogP) is 3.58. The van der Waals surface area contributed by atoms with Gasteiger partial charge in [-0.3, -0.25) is 4.79 Å². The van der Waals surface area contributed by atoms with Crippen molar-refractivity contribution in [2.45, 2.75) is 31.8 Å². The summed E-state index contributed by atoms with van der Waals surface area (Å²) >= 11 is 1.70. The molecule has 1 aliphatic rings. The van der Waals surface area contributed by atoms with Crippen LogP contribution < -0.4 is 0 Å². The smallest absolute Gasteiger partial charge is 0.168 e. The Hall–Kier alpha value is -1.19. The van der Waals surface area contributed by atoms with Crippen LogP contribution in [0.4, 0.5) is 0 Å². The zero-order chi connectivity index (χ0) is 12.6. The fourth-order valence-corrected chi connectivity index (χ4v) is 3.49. The first kappa shape index (κ1) is 11.9. The molecule has 18 heavy (non-hydrogen) atoms. The quantitative estimate of drug-likeness (QED) is 0.843. The minimum absolute atomic E-state index is 0.212. The van der Waals surface area contributed by atoms with E-state index in [1.165, 1.54) is 10.1 Å². The summed E-state index contributed by atoms with van der Waals surface area (Å²) in [6, 6.07) is 8.25. The van der Waals surface area contributed by atoms with Crippen molar-refractivity contribution in [2.75, 3.05) is 6.61 Å². The molecule has 0 saturated carbocycles. The van der Waals surface area contributed by atoms with Gasteiger partial charge in [-0.05, 0) is 42.2 Å². The lowest BCUT2D eigenvalue weighted by molar-refractivity contribution is -0.136. The molecule has 94 valence electrons. The van der Waals surface area contributed by atoms with Crippen molar-refractivity contribution in [2.24, 2.45) is 0 Å². The first-order valence-corrected chi connectivity index (χ1v) is 7.19. The van der Waals surface area contributed by atoms with E-state index in [0.29, 0.717) is 13.0 Å². The molecule has 0 spiro atoms. The number of Topliss-reactive ketones (excluding diaryl/α,β-unsaturated/α-hetero) is 1. The minimum Gasteiger partial charge on any atom is -0.367 e. The molecule has 2 nitrogen and oxygen atoms in total. The molecule has 1 aromatic carbocycles. The SMILES string of the molecule is CC1(C(=O)Cc2csc3ccccc23)CCCO1. The fourth-order valence-electron chi connectivity index (χ4n) is 2.53. The van der Waals surface area contributed by atoms with Crippen LogP contribution in [0.2, 0.25) is 0 Å².